The number of carbonyl (C=O) groups is 1. The van der Waals surface area contributed by atoms with E-state index in [1.54, 1.807) is 24.0 Å². The fourth-order valence-electron chi connectivity index (χ4n) is 4.69. The van der Waals surface area contributed by atoms with Crippen LogP contribution >= 0.6 is 0 Å². The molecule has 0 bridgehead atoms. The van der Waals surface area contributed by atoms with Crippen molar-refractivity contribution in [2.75, 3.05) is 13.7 Å². The van der Waals surface area contributed by atoms with Gasteiger partial charge >= 0.3 is 6.09 Å². The second-order valence-electron chi connectivity index (χ2n) is 12.8. The van der Waals surface area contributed by atoms with Crippen molar-refractivity contribution in [3.05, 3.63) is 71.2 Å². The van der Waals surface area contributed by atoms with E-state index in [2.05, 4.69) is 10.1 Å². The van der Waals surface area contributed by atoms with Crippen LogP contribution in [0, 0.1) is 18.2 Å². The number of carbonyl (C=O) groups excluding carboxylic acids is 1. The van der Waals surface area contributed by atoms with Gasteiger partial charge in [-0.1, -0.05) is 20.8 Å². The Morgan fingerprint density at radius 1 is 1.14 bits per heavy atom. The number of halogens is 1. The van der Waals surface area contributed by atoms with Crippen molar-refractivity contribution in [1.82, 2.24) is 24.1 Å². The zero-order valence-electron chi connectivity index (χ0n) is 26.0. The maximum absolute atomic E-state index is 14.4. The number of pyridine rings is 1. The minimum atomic E-state index is -0.734. The smallest absolute Gasteiger partial charge is 0.410 e. The number of benzene rings is 1. The highest BCUT2D eigenvalue weighted by Gasteiger charge is 2.30. The number of aromatic nitrogens is 4. The van der Waals surface area contributed by atoms with E-state index in [0.29, 0.717) is 30.1 Å². The molecule has 4 rings (SSSR count). The number of hydrogen-bond donors (Lipinski definition) is 1. The fourth-order valence-corrected chi connectivity index (χ4v) is 4.69. The van der Waals surface area contributed by atoms with Crippen LogP contribution in [0.25, 0.3) is 16.8 Å². The number of aliphatic hydroxyl groups excluding tert-OH is 1. The van der Waals surface area contributed by atoms with E-state index >= 15 is 0 Å². The summed E-state index contributed by atoms with van der Waals surface area (Å²) in [5.74, 6) is -0.000104. The lowest BCUT2D eigenvalue weighted by Crippen LogP contribution is -2.34. The summed E-state index contributed by atoms with van der Waals surface area (Å²) in [5.41, 5.74) is 4.57. The third-order valence-electron chi connectivity index (χ3n) is 7.12. The molecule has 10 heteroatoms. The first-order chi connectivity index (χ1) is 19.5. The molecule has 0 spiro atoms. The van der Waals surface area contributed by atoms with Crippen LogP contribution in [-0.4, -0.2) is 54.5 Å². The van der Waals surface area contributed by atoms with Gasteiger partial charge in [0.25, 0.3) is 0 Å². The van der Waals surface area contributed by atoms with E-state index in [-0.39, 0.29) is 12.0 Å². The molecule has 0 aliphatic carbocycles. The van der Waals surface area contributed by atoms with E-state index in [1.165, 1.54) is 17.0 Å². The predicted molar refractivity (Wildman–Crippen MR) is 160 cm³/mol. The highest BCUT2D eigenvalue weighted by molar-refractivity contribution is 5.71. The lowest BCUT2D eigenvalue weighted by atomic mass is 9.85. The Labute approximate surface area is 246 Å². The summed E-state index contributed by atoms with van der Waals surface area (Å²) in [7, 11) is 3.54. The molecule has 0 fully saturated rings. The van der Waals surface area contributed by atoms with Gasteiger partial charge in [-0.15, -0.1) is 0 Å². The van der Waals surface area contributed by atoms with Crippen LogP contribution < -0.4 is 4.74 Å². The van der Waals surface area contributed by atoms with Gasteiger partial charge in [0.05, 0.1) is 30.7 Å². The molecule has 0 saturated carbocycles. The first-order valence-electron chi connectivity index (χ1n) is 14.1. The Balaban J connectivity index is 1.58. The molecular weight excluding hydrogens is 537 g/mol. The quantitative estimate of drug-likeness (QED) is 0.265. The van der Waals surface area contributed by atoms with Gasteiger partial charge in [0.2, 0.25) is 0 Å². The minimum Gasteiger partial charge on any atom is -0.492 e. The molecular formula is C32H42FN5O4. The molecule has 1 atom stereocenters. The van der Waals surface area contributed by atoms with Crippen LogP contribution in [0.2, 0.25) is 0 Å². The van der Waals surface area contributed by atoms with Gasteiger partial charge in [-0.05, 0) is 57.4 Å². The van der Waals surface area contributed by atoms with Gasteiger partial charge in [0.1, 0.15) is 28.9 Å². The summed E-state index contributed by atoms with van der Waals surface area (Å²) in [6.45, 7) is 13.9. The van der Waals surface area contributed by atoms with Crippen LogP contribution in [0.5, 0.6) is 5.75 Å². The van der Waals surface area contributed by atoms with E-state index < -0.39 is 23.6 Å². The topological polar surface area (TPSA) is 94.1 Å². The average Bonchev–Trinajstić information content (AvgIpc) is 3.41. The SMILES string of the molecule is Cc1c(CCOc2cc(F)ccc2-c2ccc3ncc(CN(C)C(=O)OC(C)(C)C)n3c2)c(C(O)C(C)(C)C)nn1C. The molecule has 0 aliphatic heterocycles. The van der Waals surface area contributed by atoms with E-state index in [4.69, 9.17) is 9.47 Å². The van der Waals surface area contributed by atoms with Crippen molar-refractivity contribution in [1.29, 1.82) is 0 Å². The Bertz CT molecular complexity index is 1580. The normalized spacial score (nSPS) is 12.9. The number of aliphatic hydroxyl groups is 1. The summed E-state index contributed by atoms with van der Waals surface area (Å²) >= 11 is 0. The highest BCUT2D eigenvalue weighted by Crippen LogP contribution is 2.35. The number of nitrogens with zero attached hydrogens (tertiary/aromatic N) is 5. The first kappa shape index (κ1) is 31.0. The maximum atomic E-state index is 14.4. The molecule has 1 amide bonds. The van der Waals surface area contributed by atoms with Gasteiger partial charge in [0.15, 0.2) is 0 Å². The lowest BCUT2D eigenvalue weighted by molar-refractivity contribution is 0.0282. The monoisotopic (exact) mass is 579 g/mol. The molecule has 1 unspecified atom stereocenters. The summed E-state index contributed by atoms with van der Waals surface area (Å²) in [6, 6.07) is 8.26. The van der Waals surface area contributed by atoms with Crippen molar-refractivity contribution in [2.24, 2.45) is 12.5 Å². The number of aryl methyl sites for hydroxylation is 1. The van der Waals surface area contributed by atoms with Crippen molar-refractivity contribution in [2.45, 2.75) is 73.1 Å². The molecule has 3 heterocycles. The molecule has 42 heavy (non-hydrogen) atoms. The number of rotatable bonds is 8. The second kappa shape index (κ2) is 11.8. The van der Waals surface area contributed by atoms with Gasteiger partial charge in [-0.3, -0.25) is 4.68 Å². The summed E-state index contributed by atoms with van der Waals surface area (Å²) in [5, 5.41) is 15.5. The first-order valence-corrected chi connectivity index (χ1v) is 14.1. The lowest BCUT2D eigenvalue weighted by Gasteiger charge is -2.25. The highest BCUT2D eigenvalue weighted by atomic mass is 19.1. The molecule has 1 N–H and O–H groups in total. The zero-order valence-corrected chi connectivity index (χ0v) is 26.0. The Morgan fingerprint density at radius 3 is 2.52 bits per heavy atom. The largest absolute Gasteiger partial charge is 0.492 e. The molecule has 3 aromatic heterocycles. The van der Waals surface area contributed by atoms with Crippen molar-refractivity contribution in [3.63, 3.8) is 0 Å². The molecule has 0 saturated heterocycles. The van der Waals surface area contributed by atoms with Gasteiger partial charge in [-0.2, -0.15) is 5.10 Å². The molecule has 4 aromatic rings. The van der Waals surface area contributed by atoms with Crippen LogP contribution in [0.4, 0.5) is 9.18 Å². The average molecular weight is 580 g/mol. The summed E-state index contributed by atoms with van der Waals surface area (Å²) in [6.07, 6.45) is 2.97. The Morgan fingerprint density at radius 2 is 1.86 bits per heavy atom. The minimum absolute atomic E-state index is 0.270. The number of imidazole rings is 1. The van der Waals surface area contributed by atoms with E-state index in [1.807, 2.05) is 78.2 Å². The third-order valence-corrected chi connectivity index (χ3v) is 7.12. The van der Waals surface area contributed by atoms with Gasteiger partial charge in [-0.25, -0.2) is 14.2 Å². The number of ether oxygens (including phenoxy) is 2. The van der Waals surface area contributed by atoms with Crippen LogP contribution in [0.1, 0.15) is 70.3 Å². The predicted octanol–water partition coefficient (Wildman–Crippen LogP) is 6.25. The van der Waals surface area contributed by atoms with Crippen LogP contribution in [0.15, 0.2) is 42.7 Å². The summed E-state index contributed by atoms with van der Waals surface area (Å²) < 4.78 is 29.7. The molecule has 0 radical (unpaired) electrons. The molecule has 226 valence electrons. The van der Waals surface area contributed by atoms with E-state index in [9.17, 15) is 14.3 Å². The van der Waals surface area contributed by atoms with Gasteiger partial charge in [0, 0.05) is 55.2 Å². The second-order valence-corrected chi connectivity index (χ2v) is 12.8. The maximum Gasteiger partial charge on any atom is 0.410 e. The van der Waals surface area contributed by atoms with Crippen LogP contribution in [-0.2, 0) is 24.8 Å². The molecule has 0 aliphatic rings. The van der Waals surface area contributed by atoms with Crippen molar-refractivity contribution < 1.29 is 23.8 Å². The van der Waals surface area contributed by atoms with Crippen molar-refractivity contribution >= 4 is 11.7 Å². The van der Waals surface area contributed by atoms with Gasteiger partial charge < -0.3 is 23.9 Å². The fraction of sp³-hybridized carbons (Fsp3) is 0.469. The Hall–Kier alpha value is -3.92. The number of fused-ring (bicyclic) bond motifs is 1. The molecule has 9 nitrogen and oxygen atoms in total. The third kappa shape index (κ3) is 6.92. The Kier molecular flexibility index (Phi) is 8.68. The zero-order chi connectivity index (χ0) is 31.0. The standard InChI is InChI=1S/C32H42FN5O4/c1-20-24(28(35-37(20)9)29(39)31(2,3)4)14-15-41-26-16-22(33)11-12-25(26)21-10-13-27-34-17-23(38(27)18-21)19-36(8)30(40)42-32(5,6)7/h10-13,16-18,29,39H,14-15,19H2,1-9H3. The number of hydrogen-bond acceptors (Lipinski definition) is 6. The molecule has 1 aromatic carbocycles. The van der Waals surface area contributed by atoms with E-state index in [0.717, 1.165) is 28.1 Å². The summed E-state index contributed by atoms with van der Waals surface area (Å²) in [4.78, 5) is 18.5. The van der Waals surface area contributed by atoms with Crippen LogP contribution in [0.3, 0.4) is 0 Å². The number of amides is 1. The van der Waals surface area contributed by atoms with Crippen molar-refractivity contribution in [3.8, 4) is 16.9 Å².